The fourth-order valence-corrected chi connectivity index (χ4v) is 4.11. The van der Waals surface area contributed by atoms with Gasteiger partial charge in [-0.2, -0.15) is 0 Å². The van der Waals surface area contributed by atoms with E-state index in [1.807, 2.05) is 19.9 Å². The standard InChI is InChI=1S/C23H22N2O6/c1-13-7-14(2)9-15(8-13)20(27)24-11-16(26)10-19(24)23(30)31-12-25-21(28)17-5-3-4-6-18(17)22(25)29/h3-9,16,19,26H,10-12H2,1-2H3/t16-,19+/m1/s1. The second-order valence-electron chi connectivity index (χ2n) is 7.92. The zero-order valence-electron chi connectivity index (χ0n) is 17.2. The molecule has 0 aliphatic carbocycles. The van der Waals surface area contributed by atoms with Crippen LogP contribution in [-0.4, -0.2) is 64.0 Å². The summed E-state index contributed by atoms with van der Waals surface area (Å²) in [5.41, 5.74) is 2.75. The Kier molecular flexibility index (Phi) is 5.32. The Morgan fingerprint density at radius 2 is 1.61 bits per heavy atom. The van der Waals surface area contributed by atoms with Crippen LogP contribution in [0.3, 0.4) is 0 Å². The topological polar surface area (TPSA) is 104 Å². The van der Waals surface area contributed by atoms with Crippen molar-refractivity contribution in [1.29, 1.82) is 0 Å². The SMILES string of the molecule is Cc1cc(C)cc(C(=O)N2C[C@H](O)C[C@H]2C(=O)OCN2C(=O)c3ccccc3C2=O)c1. The normalized spacial score (nSPS) is 20.2. The molecule has 1 saturated heterocycles. The lowest BCUT2D eigenvalue weighted by molar-refractivity contribution is -0.150. The highest BCUT2D eigenvalue weighted by Crippen LogP contribution is 2.25. The summed E-state index contributed by atoms with van der Waals surface area (Å²) in [7, 11) is 0. The van der Waals surface area contributed by atoms with Gasteiger partial charge in [-0.05, 0) is 38.1 Å². The highest BCUT2D eigenvalue weighted by Gasteiger charge is 2.42. The molecule has 8 nitrogen and oxygen atoms in total. The molecule has 31 heavy (non-hydrogen) atoms. The third kappa shape index (κ3) is 3.82. The maximum absolute atomic E-state index is 13.0. The maximum atomic E-state index is 13.0. The summed E-state index contributed by atoms with van der Waals surface area (Å²) in [6.07, 6.45) is -0.843. The van der Waals surface area contributed by atoms with Gasteiger partial charge in [0.25, 0.3) is 17.7 Å². The van der Waals surface area contributed by atoms with E-state index in [4.69, 9.17) is 4.74 Å². The lowest BCUT2D eigenvalue weighted by atomic mass is 10.1. The summed E-state index contributed by atoms with van der Waals surface area (Å²) in [5, 5.41) is 10.1. The molecule has 0 aromatic heterocycles. The molecule has 2 aromatic rings. The van der Waals surface area contributed by atoms with Crippen molar-refractivity contribution in [3.8, 4) is 0 Å². The Labute approximate surface area is 179 Å². The molecule has 2 atom stereocenters. The second kappa shape index (κ2) is 7.96. The number of fused-ring (bicyclic) bond motifs is 1. The van der Waals surface area contributed by atoms with Gasteiger partial charge >= 0.3 is 5.97 Å². The van der Waals surface area contributed by atoms with Gasteiger partial charge < -0.3 is 14.7 Å². The van der Waals surface area contributed by atoms with E-state index in [2.05, 4.69) is 0 Å². The number of hydrogen-bond donors (Lipinski definition) is 1. The number of carbonyl (C=O) groups is 4. The molecule has 2 aliphatic rings. The van der Waals surface area contributed by atoms with Crippen molar-refractivity contribution in [2.24, 2.45) is 0 Å². The van der Waals surface area contributed by atoms with Crippen LogP contribution in [0.5, 0.6) is 0 Å². The van der Waals surface area contributed by atoms with E-state index in [0.717, 1.165) is 16.0 Å². The maximum Gasteiger partial charge on any atom is 0.330 e. The number of β-amino-alcohol motifs (C(OH)–C–C–N with tert-alkyl or cyclic N) is 1. The van der Waals surface area contributed by atoms with Gasteiger partial charge in [0.15, 0.2) is 6.73 Å². The summed E-state index contributed by atoms with van der Waals surface area (Å²) >= 11 is 0. The average Bonchev–Trinajstić information content (AvgIpc) is 3.23. The van der Waals surface area contributed by atoms with Gasteiger partial charge in [-0.1, -0.05) is 29.3 Å². The number of nitrogens with zero attached hydrogens (tertiary/aromatic N) is 2. The van der Waals surface area contributed by atoms with Gasteiger partial charge in [0.2, 0.25) is 0 Å². The molecular weight excluding hydrogens is 400 g/mol. The van der Waals surface area contributed by atoms with Crippen LogP contribution in [0.1, 0.15) is 48.6 Å². The van der Waals surface area contributed by atoms with Gasteiger partial charge in [0, 0.05) is 18.5 Å². The Balaban J connectivity index is 1.47. The molecule has 1 N–H and O–H groups in total. The molecule has 2 aliphatic heterocycles. The van der Waals surface area contributed by atoms with E-state index >= 15 is 0 Å². The summed E-state index contributed by atoms with van der Waals surface area (Å²) in [6, 6.07) is 10.8. The first-order valence-corrected chi connectivity index (χ1v) is 9.95. The monoisotopic (exact) mass is 422 g/mol. The number of amides is 3. The molecule has 8 heteroatoms. The minimum Gasteiger partial charge on any atom is -0.442 e. The number of likely N-dealkylation sites (tertiary alicyclic amines) is 1. The van der Waals surface area contributed by atoms with Crippen LogP contribution in [-0.2, 0) is 9.53 Å². The highest BCUT2D eigenvalue weighted by atomic mass is 16.5. The lowest BCUT2D eigenvalue weighted by Gasteiger charge is -2.24. The molecule has 0 radical (unpaired) electrons. The van der Waals surface area contributed by atoms with Crippen molar-refractivity contribution in [3.63, 3.8) is 0 Å². The number of aliphatic hydroxyl groups is 1. The van der Waals surface area contributed by atoms with Crippen LogP contribution in [0.2, 0.25) is 0 Å². The fourth-order valence-electron chi connectivity index (χ4n) is 4.11. The number of hydrogen-bond acceptors (Lipinski definition) is 6. The predicted molar refractivity (Wildman–Crippen MR) is 109 cm³/mol. The minimum absolute atomic E-state index is 0.00138. The predicted octanol–water partition coefficient (Wildman–Crippen LogP) is 1.68. The van der Waals surface area contributed by atoms with Gasteiger partial charge in [-0.15, -0.1) is 0 Å². The summed E-state index contributed by atoms with van der Waals surface area (Å²) in [6.45, 7) is 3.19. The van der Waals surface area contributed by atoms with Crippen molar-refractivity contribution in [3.05, 3.63) is 70.3 Å². The summed E-state index contributed by atoms with van der Waals surface area (Å²) in [5.74, 6) is -2.23. The van der Waals surface area contributed by atoms with Gasteiger partial charge in [-0.3, -0.25) is 14.4 Å². The number of aliphatic hydroxyl groups excluding tert-OH is 1. The van der Waals surface area contributed by atoms with E-state index in [1.165, 1.54) is 17.0 Å². The first-order chi connectivity index (χ1) is 14.8. The third-order valence-corrected chi connectivity index (χ3v) is 5.49. The Morgan fingerprint density at radius 1 is 1.03 bits per heavy atom. The first kappa shape index (κ1) is 20.7. The van der Waals surface area contributed by atoms with E-state index in [0.29, 0.717) is 5.56 Å². The quantitative estimate of drug-likeness (QED) is 0.594. The van der Waals surface area contributed by atoms with Crippen LogP contribution in [0, 0.1) is 13.8 Å². The first-order valence-electron chi connectivity index (χ1n) is 9.95. The van der Waals surface area contributed by atoms with E-state index in [-0.39, 0.29) is 30.0 Å². The second-order valence-corrected chi connectivity index (χ2v) is 7.92. The van der Waals surface area contributed by atoms with Gasteiger partial charge in [0.05, 0.1) is 17.2 Å². The number of imide groups is 1. The number of esters is 1. The molecule has 0 saturated carbocycles. The number of carbonyl (C=O) groups excluding carboxylic acids is 4. The molecule has 3 amide bonds. The zero-order chi connectivity index (χ0) is 22.3. The number of benzene rings is 2. The van der Waals surface area contributed by atoms with Crippen molar-refractivity contribution in [2.45, 2.75) is 32.4 Å². The highest BCUT2D eigenvalue weighted by molar-refractivity contribution is 6.21. The van der Waals surface area contributed by atoms with Crippen molar-refractivity contribution >= 4 is 23.7 Å². The average molecular weight is 422 g/mol. The van der Waals surface area contributed by atoms with Crippen molar-refractivity contribution in [2.75, 3.05) is 13.3 Å². The largest absolute Gasteiger partial charge is 0.442 e. The Hall–Kier alpha value is -3.52. The summed E-state index contributed by atoms with van der Waals surface area (Å²) in [4.78, 5) is 52.7. The van der Waals surface area contributed by atoms with Crippen LogP contribution in [0.15, 0.2) is 42.5 Å². The Bertz CT molecular complexity index is 1040. The third-order valence-electron chi connectivity index (χ3n) is 5.49. The smallest absolute Gasteiger partial charge is 0.330 e. The minimum atomic E-state index is -1.00. The molecule has 2 aromatic carbocycles. The van der Waals surface area contributed by atoms with Gasteiger partial charge in [-0.25, -0.2) is 9.69 Å². The van der Waals surface area contributed by atoms with E-state index < -0.39 is 36.7 Å². The lowest BCUT2D eigenvalue weighted by Crippen LogP contribution is -2.43. The van der Waals surface area contributed by atoms with Crippen LogP contribution < -0.4 is 0 Å². The zero-order valence-corrected chi connectivity index (χ0v) is 17.2. The van der Waals surface area contributed by atoms with Crippen LogP contribution in [0.25, 0.3) is 0 Å². The molecule has 0 bridgehead atoms. The van der Waals surface area contributed by atoms with Gasteiger partial charge in [0.1, 0.15) is 6.04 Å². The molecule has 2 heterocycles. The molecule has 1 fully saturated rings. The summed E-state index contributed by atoms with van der Waals surface area (Å²) < 4.78 is 5.23. The van der Waals surface area contributed by atoms with Crippen molar-refractivity contribution < 1.29 is 29.0 Å². The molecule has 4 rings (SSSR count). The molecule has 0 unspecified atom stereocenters. The van der Waals surface area contributed by atoms with E-state index in [9.17, 15) is 24.3 Å². The Morgan fingerprint density at radius 3 is 2.19 bits per heavy atom. The van der Waals surface area contributed by atoms with E-state index in [1.54, 1.807) is 24.3 Å². The molecular formula is C23H22N2O6. The number of ether oxygens (including phenoxy) is 1. The van der Waals surface area contributed by atoms with Crippen LogP contribution >= 0.6 is 0 Å². The molecule has 160 valence electrons. The molecule has 0 spiro atoms. The van der Waals surface area contributed by atoms with Crippen molar-refractivity contribution in [1.82, 2.24) is 9.80 Å². The number of rotatable bonds is 4. The van der Waals surface area contributed by atoms with Crippen LogP contribution in [0.4, 0.5) is 0 Å². The number of aryl methyl sites for hydroxylation is 2. The fraction of sp³-hybridized carbons (Fsp3) is 0.304.